The van der Waals surface area contributed by atoms with E-state index in [1.807, 2.05) is 24.3 Å². The minimum Gasteiger partial charge on any atom is -0.456 e. The minimum atomic E-state index is -0.233. The van der Waals surface area contributed by atoms with Gasteiger partial charge in [-0.3, -0.25) is 9.59 Å². The van der Waals surface area contributed by atoms with Crippen molar-refractivity contribution >= 4 is 23.5 Å². The van der Waals surface area contributed by atoms with Gasteiger partial charge in [-0.2, -0.15) is 0 Å². The lowest BCUT2D eigenvalue weighted by Gasteiger charge is -2.56. The third-order valence-electron chi connectivity index (χ3n) is 6.70. The van der Waals surface area contributed by atoms with Gasteiger partial charge in [0.25, 0.3) is 5.91 Å². The van der Waals surface area contributed by atoms with E-state index in [4.69, 9.17) is 16.3 Å². The van der Waals surface area contributed by atoms with Crippen LogP contribution in [0.3, 0.4) is 0 Å². The largest absolute Gasteiger partial charge is 0.456 e. The van der Waals surface area contributed by atoms with E-state index in [0.717, 1.165) is 29.7 Å². The zero-order chi connectivity index (χ0) is 18.9. The number of ether oxygens (including phenoxy) is 1. The van der Waals surface area contributed by atoms with Crippen LogP contribution in [0.4, 0.5) is 0 Å². The molecule has 1 amide bonds. The average molecular weight is 390 g/mol. The van der Waals surface area contributed by atoms with E-state index in [1.54, 1.807) is 0 Å². The lowest BCUT2D eigenvalue weighted by atomic mass is 9.49. The summed E-state index contributed by atoms with van der Waals surface area (Å²) in [5.41, 5.74) is 1.27. The van der Waals surface area contributed by atoms with E-state index in [2.05, 4.69) is 5.32 Å². The third-order valence-corrected chi connectivity index (χ3v) is 6.95. The maximum absolute atomic E-state index is 12.3. The molecule has 0 aliphatic heterocycles. The Bertz CT molecular complexity index is 665. The molecule has 4 nitrogen and oxygen atoms in total. The smallest absolute Gasteiger partial charge is 0.306 e. The summed E-state index contributed by atoms with van der Waals surface area (Å²) in [6.07, 6.45) is 8.86. The summed E-state index contributed by atoms with van der Waals surface area (Å²) in [6, 6.07) is 7.57. The van der Waals surface area contributed by atoms with Crippen LogP contribution < -0.4 is 5.32 Å². The van der Waals surface area contributed by atoms with Gasteiger partial charge in [-0.05, 0) is 85.8 Å². The zero-order valence-corrected chi connectivity index (χ0v) is 16.5. The first kappa shape index (κ1) is 18.8. The maximum atomic E-state index is 12.3. The number of rotatable bonds is 7. The highest BCUT2D eigenvalue weighted by Gasteiger charge is 2.51. The number of hydrogen-bond acceptors (Lipinski definition) is 3. The normalized spacial score (nSPS) is 30.9. The summed E-state index contributed by atoms with van der Waals surface area (Å²) < 4.78 is 5.29. The van der Waals surface area contributed by atoms with E-state index in [1.165, 1.54) is 38.5 Å². The molecule has 0 aromatic heterocycles. The summed E-state index contributed by atoms with van der Waals surface area (Å²) in [4.78, 5) is 24.3. The summed E-state index contributed by atoms with van der Waals surface area (Å²) in [7, 11) is 0. The Morgan fingerprint density at radius 2 is 1.63 bits per heavy atom. The van der Waals surface area contributed by atoms with Gasteiger partial charge >= 0.3 is 5.97 Å². The van der Waals surface area contributed by atoms with Crippen LogP contribution in [0.25, 0.3) is 0 Å². The molecule has 146 valence electrons. The molecule has 4 bridgehead atoms. The summed E-state index contributed by atoms with van der Waals surface area (Å²) in [5, 5.41) is 3.51. The number of carbonyl (C=O) groups excluding carboxylic acids is 2. The van der Waals surface area contributed by atoms with E-state index < -0.39 is 0 Å². The van der Waals surface area contributed by atoms with Crippen LogP contribution in [-0.2, 0) is 20.7 Å². The topological polar surface area (TPSA) is 55.4 Å². The highest BCUT2D eigenvalue weighted by Crippen LogP contribution is 2.61. The van der Waals surface area contributed by atoms with Gasteiger partial charge in [-0.15, -0.1) is 0 Å². The number of amides is 1. The lowest BCUT2D eigenvalue weighted by Crippen LogP contribution is -2.47. The predicted octanol–water partition coefficient (Wildman–Crippen LogP) is 4.15. The molecule has 1 aromatic carbocycles. The van der Waals surface area contributed by atoms with Crippen molar-refractivity contribution in [1.82, 2.24) is 5.32 Å². The summed E-state index contributed by atoms with van der Waals surface area (Å²) >= 11 is 5.86. The van der Waals surface area contributed by atoms with Gasteiger partial charge in [0.15, 0.2) is 6.61 Å². The molecule has 5 rings (SSSR count). The average Bonchev–Trinajstić information content (AvgIpc) is 2.60. The molecular formula is C22H28ClNO3. The molecule has 0 heterocycles. The van der Waals surface area contributed by atoms with Gasteiger partial charge in [-0.25, -0.2) is 0 Å². The molecule has 4 aliphatic carbocycles. The van der Waals surface area contributed by atoms with Crippen molar-refractivity contribution in [3.63, 3.8) is 0 Å². The first-order chi connectivity index (χ1) is 13.0. The van der Waals surface area contributed by atoms with Crippen molar-refractivity contribution in [1.29, 1.82) is 0 Å². The number of esters is 1. The first-order valence-electron chi connectivity index (χ1n) is 10.2. The minimum absolute atomic E-state index is 0.164. The predicted molar refractivity (Wildman–Crippen MR) is 104 cm³/mol. The van der Waals surface area contributed by atoms with Crippen molar-refractivity contribution in [3.8, 4) is 0 Å². The highest BCUT2D eigenvalue weighted by atomic mass is 35.5. The second kappa shape index (κ2) is 7.83. The Balaban J connectivity index is 1.17. The molecule has 1 N–H and O–H groups in total. The Labute approximate surface area is 166 Å². The molecule has 4 fully saturated rings. The SMILES string of the molecule is O=C(COC(=O)CC12CC3CC(CC(C3)C1)C2)NCCc1ccc(Cl)cc1. The van der Waals surface area contributed by atoms with Crippen LogP contribution in [0.15, 0.2) is 24.3 Å². The van der Waals surface area contributed by atoms with E-state index in [0.29, 0.717) is 18.0 Å². The Morgan fingerprint density at radius 1 is 1.04 bits per heavy atom. The third kappa shape index (κ3) is 4.66. The Morgan fingerprint density at radius 3 is 2.22 bits per heavy atom. The molecular weight excluding hydrogens is 362 g/mol. The van der Waals surface area contributed by atoms with Gasteiger partial charge < -0.3 is 10.1 Å². The van der Waals surface area contributed by atoms with Crippen molar-refractivity contribution in [2.45, 2.75) is 51.4 Å². The maximum Gasteiger partial charge on any atom is 0.306 e. The summed E-state index contributed by atoms with van der Waals surface area (Å²) in [6.45, 7) is 0.346. The molecule has 0 radical (unpaired) electrons. The van der Waals surface area contributed by atoms with Crippen LogP contribution >= 0.6 is 11.6 Å². The van der Waals surface area contributed by atoms with Gasteiger partial charge in [0, 0.05) is 11.6 Å². The fraction of sp³-hybridized carbons (Fsp3) is 0.636. The second-order valence-corrected chi connectivity index (χ2v) is 9.42. The van der Waals surface area contributed by atoms with Crippen molar-refractivity contribution in [2.24, 2.45) is 23.2 Å². The number of carbonyl (C=O) groups is 2. The molecule has 0 atom stereocenters. The summed E-state index contributed by atoms with van der Waals surface area (Å²) in [5.74, 6) is 2.02. The molecule has 0 unspecified atom stereocenters. The molecule has 0 spiro atoms. The van der Waals surface area contributed by atoms with Crippen LogP contribution in [0.5, 0.6) is 0 Å². The number of halogens is 1. The second-order valence-electron chi connectivity index (χ2n) is 8.98. The Hall–Kier alpha value is -1.55. The van der Waals surface area contributed by atoms with Crippen LogP contribution in [0.2, 0.25) is 5.02 Å². The number of nitrogens with one attached hydrogen (secondary N) is 1. The van der Waals surface area contributed by atoms with Crippen LogP contribution in [0.1, 0.15) is 50.5 Å². The first-order valence-corrected chi connectivity index (χ1v) is 10.5. The van der Waals surface area contributed by atoms with E-state index >= 15 is 0 Å². The van der Waals surface area contributed by atoms with Gasteiger partial charge in [-0.1, -0.05) is 23.7 Å². The molecule has 27 heavy (non-hydrogen) atoms. The van der Waals surface area contributed by atoms with Gasteiger partial charge in [0.1, 0.15) is 0 Å². The molecule has 0 saturated heterocycles. The monoisotopic (exact) mass is 389 g/mol. The van der Waals surface area contributed by atoms with Crippen LogP contribution in [-0.4, -0.2) is 25.0 Å². The molecule has 4 saturated carbocycles. The molecule has 4 aliphatic rings. The number of benzene rings is 1. The van der Waals surface area contributed by atoms with Crippen molar-refractivity contribution in [3.05, 3.63) is 34.9 Å². The van der Waals surface area contributed by atoms with E-state index in [9.17, 15) is 9.59 Å². The standard InChI is InChI=1S/C22H28ClNO3/c23-19-3-1-15(2-4-19)5-6-24-20(25)14-27-21(26)13-22-10-16-7-17(11-22)9-18(8-16)12-22/h1-4,16-18H,5-14H2,(H,24,25). The van der Waals surface area contributed by atoms with E-state index in [-0.39, 0.29) is 23.9 Å². The van der Waals surface area contributed by atoms with Gasteiger partial charge in [0.05, 0.1) is 6.42 Å². The number of hydrogen-bond donors (Lipinski definition) is 1. The van der Waals surface area contributed by atoms with Crippen molar-refractivity contribution < 1.29 is 14.3 Å². The zero-order valence-electron chi connectivity index (χ0n) is 15.7. The highest BCUT2D eigenvalue weighted by molar-refractivity contribution is 6.30. The Kier molecular flexibility index (Phi) is 5.45. The molecule has 5 heteroatoms. The van der Waals surface area contributed by atoms with Crippen molar-refractivity contribution in [2.75, 3.05) is 13.2 Å². The fourth-order valence-corrected chi connectivity index (χ4v) is 6.18. The molecule has 1 aromatic rings. The van der Waals surface area contributed by atoms with Crippen LogP contribution in [0, 0.1) is 23.2 Å². The van der Waals surface area contributed by atoms with Gasteiger partial charge in [0.2, 0.25) is 0 Å². The quantitative estimate of drug-likeness (QED) is 0.713. The lowest BCUT2D eigenvalue weighted by molar-refractivity contribution is -0.155. The fourth-order valence-electron chi connectivity index (χ4n) is 6.06.